The zero-order chi connectivity index (χ0) is 22.8. The van der Waals surface area contributed by atoms with Gasteiger partial charge in [-0.3, -0.25) is 19.4 Å². The molecule has 1 aliphatic rings. The number of hydrogen-bond donors (Lipinski definition) is 4. The molecule has 3 aromatic rings. The van der Waals surface area contributed by atoms with E-state index >= 15 is 0 Å². The van der Waals surface area contributed by atoms with Crippen LogP contribution in [0.1, 0.15) is 23.5 Å². The van der Waals surface area contributed by atoms with Gasteiger partial charge < -0.3 is 20.7 Å². The van der Waals surface area contributed by atoms with Crippen LogP contribution in [0.5, 0.6) is 5.75 Å². The van der Waals surface area contributed by atoms with Crippen molar-refractivity contribution in [3.8, 4) is 5.75 Å². The van der Waals surface area contributed by atoms with Crippen LogP contribution in [-0.2, 0) is 9.59 Å². The minimum absolute atomic E-state index is 0.0255. The lowest BCUT2D eigenvalue weighted by atomic mass is 9.92. The van der Waals surface area contributed by atoms with Crippen LogP contribution in [0.15, 0.2) is 47.3 Å². The summed E-state index contributed by atoms with van der Waals surface area (Å²) in [7, 11) is 1.52. The molecule has 0 unspecified atom stereocenters. The number of fused-ring (bicyclic) bond motifs is 1. The predicted molar refractivity (Wildman–Crippen MR) is 122 cm³/mol. The van der Waals surface area contributed by atoms with E-state index in [1.165, 1.54) is 7.11 Å². The maximum atomic E-state index is 13.0. The number of anilines is 4. The molecule has 0 aliphatic carbocycles. The molecule has 2 aromatic carbocycles. The lowest BCUT2D eigenvalue weighted by Crippen LogP contribution is -2.36. The molecule has 32 heavy (non-hydrogen) atoms. The molecule has 1 aliphatic heterocycles. The Hall–Kier alpha value is -3.85. The standard InChI is InChI=1S/C22H20ClN5O4/c1-11-7-8-14(13(23)9-11)24-20(30)12-10-17(29)26-19-18(12)21(31)28-22(27-19)25-15-5-3-4-6-16(15)32-2/h3-9,12H,10H2,1-2H3,(H,24,30)(H3,25,26,27,28,29,31)/t12-/m0/s1. The third-order valence-electron chi connectivity index (χ3n) is 5.01. The Labute approximate surface area is 188 Å². The smallest absolute Gasteiger partial charge is 0.258 e. The van der Waals surface area contributed by atoms with E-state index in [4.69, 9.17) is 16.3 Å². The fourth-order valence-electron chi connectivity index (χ4n) is 3.47. The zero-order valence-electron chi connectivity index (χ0n) is 17.3. The molecule has 0 saturated heterocycles. The van der Waals surface area contributed by atoms with Gasteiger partial charge in [0.2, 0.25) is 17.8 Å². The average Bonchev–Trinajstić information content (AvgIpc) is 2.75. The fourth-order valence-corrected chi connectivity index (χ4v) is 3.75. The van der Waals surface area contributed by atoms with Crippen LogP contribution in [0.2, 0.25) is 5.02 Å². The number of aryl methyl sites for hydroxylation is 1. The molecule has 1 aromatic heterocycles. The number of halogens is 1. The second kappa shape index (κ2) is 8.72. The number of aromatic amines is 1. The monoisotopic (exact) mass is 453 g/mol. The van der Waals surface area contributed by atoms with E-state index in [0.29, 0.717) is 22.1 Å². The number of amides is 2. The first-order valence-corrected chi connectivity index (χ1v) is 10.1. The normalized spacial score (nSPS) is 14.8. The summed E-state index contributed by atoms with van der Waals surface area (Å²) in [5.74, 6) is -1.30. The lowest BCUT2D eigenvalue weighted by Gasteiger charge is -2.24. The highest BCUT2D eigenvalue weighted by Gasteiger charge is 2.35. The number of rotatable bonds is 5. The van der Waals surface area contributed by atoms with Gasteiger partial charge in [0.05, 0.1) is 35.0 Å². The summed E-state index contributed by atoms with van der Waals surface area (Å²) in [5.41, 5.74) is 1.45. The van der Waals surface area contributed by atoms with Crippen LogP contribution in [0, 0.1) is 6.92 Å². The van der Waals surface area contributed by atoms with Gasteiger partial charge in [0, 0.05) is 6.42 Å². The van der Waals surface area contributed by atoms with Gasteiger partial charge in [0.25, 0.3) is 5.56 Å². The number of benzene rings is 2. The highest BCUT2D eigenvalue weighted by Crippen LogP contribution is 2.32. The Balaban J connectivity index is 1.65. The molecule has 10 heteroatoms. The number of methoxy groups -OCH3 is 1. The summed E-state index contributed by atoms with van der Waals surface area (Å²) in [6.07, 6.45) is -0.188. The van der Waals surface area contributed by atoms with Gasteiger partial charge in [-0.15, -0.1) is 0 Å². The number of H-pyrrole nitrogens is 1. The number of carbonyl (C=O) groups is 2. The first-order chi connectivity index (χ1) is 15.4. The van der Waals surface area contributed by atoms with Crippen LogP contribution >= 0.6 is 11.6 Å². The molecule has 9 nitrogen and oxygen atoms in total. The Bertz CT molecular complexity index is 1270. The second-order valence-electron chi connectivity index (χ2n) is 7.28. The first kappa shape index (κ1) is 21.4. The van der Waals surface area contributed by atoms with Gasteiger partial charge in [-0.05, 0) is 36.8 Å². The van der Waals surface area contributed by atoms with Crippen molar-refractivity contribution in [2.45, 2.75) is 19.3 Å². The number of carbonyl (C=O) groups excluding carboxylic acids is 2. The van der Waals surface area contributed by atoms with E-state index in [-0.39, 0.29) is 23.8 Å². The number of nitrogens with zero attached hydrogens (tertiary/aromatic N) is 1. The predicted octanol–water partition coefficient (Wildman–Crippen LogP) is 3.55. The van der Waals surface area contributed by atoms with E-state index in [0.717, 1.165) is 5.56 Å². The summed E-state index contributed by atoms with van der Waals surface area (Å²) < 4.78 is 5.28. The van der Waals surface area contributed by atoms with Gasteiger partial charge in [-0.1, -0.05) is 29.8 Å². The molecule has 2 heterocycles. The van der Waals surface area contributed by atoms with Crippen LogP contribution < -0.4 is 26.2 Å². The molecular weight excluding hydrogens is 434 g/mol. The molecule has 0 bridgehead atoms. The number of hydrogen-bond acceptors (Lipinski definition) is 6. The van der Waals surface area contributed by atoms with Gasteiger partial charge in [0.1, 0.15) is 11.6 Å². The Morgan fingerprint density at radius 2 is 1.97 bits per heavy atom. The Kier molecular flexibility index (Phi) is 5.83. The average molecular weight is 454 g/mol. The minimum atomic E-state index is -1.02. The Morgan fingerprint density at radius 3 is 2.72 bits per heavy atom. The summed E-state index contributed by atoms with van der Waals surface area (Å²) in [6, 6.07) is 12.3. The van der Waals surface area contributed by atoms with Crippen LogP contribution in [0.4, 0.5) is 23.1 Å². The minimum Gasteiger partial charge on any atom is -0.495 e. The summed E-state index contributed by atoms with van der Waals surface area (Å²) in [4.78, 5) is 45.1. The summed E-state index contributed by atoms with van der Waals surface area (Å²) in [6.45, 7) is 1.88. The third kappa shape index (κ3) is 4.28. The molecule has 0 fully saturated rings. The maximum Gasteiger partial charge on any atom is 0.258 e. The fraction of sp³-hybridized carbons (Fsp3) is 0.182. The number of ether oxygens (including phenoxy) is 1. The Morgan fingerprint density at radius 1 is 1.19 bits per heavy atom. The van der Waals surface area contributed by atoms with Crippen molar-refractivity contribution in [1.82, 2.24) is 9.97 Å². The lowest BCUT2D eigenvalue weighted by molar-refractivity contribution is -0.123. The van der Waals surface area contributed by atoms with E-state index in [2.05, 4.69) is 25.9 Å². The largest absolute Gasteiger partial charge is 0.495 e. The van der Waals surface area contributed by atoms with Gasteiger partial charge in [-0.25, -0.2) is 0 Å². The van der Waals surface area contributed by atoms with Crippen molar-refractivity contribution in [2.75, 3.05) is 23.1 Å². The van der Waals surface area contributed by atoms with Gasteiger partial charge in [0.15, 0.2) is 0 Å². The van der Waals surface area contributed by atoms with Crippen LogP contribution in [0.25, 0.3) is 0 Å². The van der Waals surface area contributed by atoms with Crippen molar-refractivity contribution in [1.29, 1.82) is 0 Å². The second-order valence-corrected chi connectivity index (χ2v) is 7.69. The molecule has 0 spiro atoms. The molecule has 4 N–H and O–H groups in total. The molecule has 0 radical (unpaired) electrons. The molecule has 0 saturated carbocycles. The quantitative estimate of drug-likeness (QED) is 0.468. The number of para-hydroxylation sites is 2. The zero-order valence-corrected chi connectivity index (χ0v) is 18.0. The van der Waals surface area contributed by atoms with Crippen molar-refractivity contribution in [3.05, 3.63) is 69.0 Å². The van der Waals surface area contributed by atoms with Gasteiger partial charge >= 0.3 is 0 Å². The topological polar surface area (TPSA) is 125 Å². The number of nitrogens with one attached hydrogen (secondary N) is 4. The van der Waals surface area contributed by atoms with E-state index in [1.54, 1.807) is 42.5 Å². The highest BCUT2D eigenvalue weighted by atomic mass is 35.5. The van der Waals surface area contributed by atoms with Crippen LogP contribution in [-0.4, -0.2) is 28.9 Å². The maximum absolute atomic E-state index is 13.0. The SMILES string of the molecule is COc1ccccc1Nc1nc2c(c(=O)[nH]1)[C@@H](C(=O)Nc1ccc(C)cc1Cl)CC(=O)N2. The van der Waals surface area contributed by atoms with Crippen molar-refractivity contribution in [3.63, 3.8) is 0 Å². The van der Waals surface area contributed by atoms with Crippen LogP contribution in [0.3, 0.4) is 0 Å². The van der Waals surface area contributed by atoms with Crippen molar-refractivity contribution in [2.24, 2.45) is 0 Å². The molecule has 1 atom stereocenters. The molecule has 4 rings (SSSR count). The van der Waals surface area contributed by atoms with Crippen molar-refractivity contribution < 1.29 is 14.3 Å². The van der Waals surface area contributed by atoms with Crippen molar-refractivity contribution >= 4 is 46.6 Å². The highest BCUT2D eigenvalue weighted by molar-refractivity contribution is 6.33. The van der Waals surface area contributed by atoms with E-state index in [9.17, 15) is 14.4 Å². The number of aromatic nitrogens is 2. The summed E-state index contributed by atoms with van der Waals surface area (Å²) >= 11 is 6.20. The molecular formula is C22H20ClN5O4. The molecule has 164 valence electrons. The van der Waals surface area contributed by atoms with E-state index < -0.39 is 23.3 Å². The third-order valence-corrected chi connectivity index (χ3v) is 5.32. The molecule has 2 amide bonds. The summed E-state index contributed by atoms with van der Waals surface area (Å²) in [5, 5.41) is 8.61. The first-order valence-electron chi connectivity index (χ1n) is 9.77. The van der Waals surface area contributed by atoms with Gasteiger partial charge in [-0.2, -0.15) is 4.98 Å². The van der Waals surface area contributed by atoms with E-state index in [1.807, 2.05) is 6.92 Å².